The second-order valence-corrected chi connectivity index (χ2v) is 17.3. The molecule has 2 fully saturated rings. The zero-order valence-electron chi connectivity index (χ0n) is 36.4. The van der Waals surface area contributed by atoms with Gasteiger partial charge in [0.1, 0.15) is 11.6 Å². The van der Waals surface area contributed by atoms with Crippen molar-refractivity contribution in [3.63, 3.8) is 0 Å². The molecule has 14 heteroatoms. The summed E-state index contributed by atoms with van der Waals surface area (Å²) in [5.74, 6) is -9.77. The van der Waals surface area contributed by atoms with Crippen LogP contribution in [0, 0.1) is 23.7 Å². The maximum Gasteiger partial charge on any atom is 0.340 e. The molecule has 0 aromatic carbocycles. The Kier molecular flexibility index (Phi) is 21.0. The van der Waals surface area contributed by atoms with Crippen LogP contribution in [0.3, 0.4) is 0 Å². The lowest BCUT2D eigenvalue weighted by Crippen LogP contribution is -2.59. The van der Waals surface area contributed by atoms with Crippen LogP contribution in [0.1, 0.15) is 131 Å². The van der Waals surface area contributed by atoms with Crippen LogP contribution in [0.4, 0.5) is 0 Å². The Morgan fingerprint density at radius 1 is 0.483 bits per heavy atom. The summed E-state index contributed by atoms with van der Waals surface area (Å²) in [6, 6.07) is 0. The van der Waals surface area contributed by atoms with Crippen LogP contribution >= 0.6 is 0 Å². The third-order valence-corrected chi connectivity index (χ3v) is 12.3. The average Bonchev–Trinajstić information content (AvgIpc) is 3.20. The van der Waals surface area contributed by atoms with Crippen molar-refractivity contribution < 1.29 is 68.8 Å². The second-order valence-electron chi connectivity index (χ2n) is 17.3. The molecule has 60 heavy (non-hydrogen) atoms. The van der Waals surface area contributed by atoms with Gasteiger partial charge in [-0.2, -0.15) is 0 Å². The molecular weight excluding hydrogens is 776 g/mol. The minimum absolute atomic E-state index is 0.124. The number of allylic oxidation sites excluding steroid dienone is 8. The molecule has 0 aromatic rings. The van der Waals surface area contributed by atoms with Gasteiger partial charge in [-0.3, -0.25) is 9.59 Å². The molecule has 4 bridgehead atoms. The second kappa shape index (κ2) is 24.5. The summed E-state index contributed by atoms with van der Waals surface area (Å²) in [4.78, 5) is 52.2. The number of ether oxygens (including phenoxy) is 4. The SMILES string of the molecule is CC1CC/C=C\C=C\CCC(O)CC(=O)C(C)[C@@H]2CC[C@@H](C)[C@@](O)(O2)[C@@H](O)C(=O)OC(C)CC/C=C\C=C\CCC(O)CC(=O)C(C)[C@@H]2CC[C@@H](C)[C@@](O)(O2)[C@H](O)C(=O)O1. The van der Waals surface area contributed by atoms with Crippen LogP contribution in [-0.4, -0.2) is 115 Å². The summed E-state index contributed by atoms with van der Waals surface area (Å²) in [6.45, 7) is 9.96. The van der Waals surface area contributed by atoms with Gasteiger partial charge in [-0.15, -0.1) is 0 Å². The lowest BCUT2D eigenvalue weighted by atomic mass is 9.82. The van der Waals surface area contributed by atoms with Crippen molar-refractivity contribution in [1.82, 2.24) is 0 Å². The van der Waals surface area contributed by atoms with Gasteiger partial charge in [0.2, 0.25) is 23.8 Å². The maximum absolute atomic E-state index is 13.1. The van der Waals surface area contributed by atoms with Crippen LogP contribution in [0.25, 0.3) is 0 Å². The van der Waals surface area contributed by atoms with E-state index in [-0.39, 0.29) is 24.4 Å². The van der Waals surface area contributed by atoms with Gasteiger partial charge in [0.05, 0.1) is 36.6 Å². The third kappa shape index (κ3) is 15.1. The largest absolute Gasteiger partial charge is 0.461 e. The number of aliphatic hydroxyl groups excluding tert-OH is 4. The number of rotatable bonds is 0. The quantitative estimate of drug-likeness (QED) is 0.179. The van der Waals surface area contributed by atoms with Crippen molar-refractivity contribution in [3.05, 3.63) is 48.6 Å². The van der Waals surface area contributed by atoms with E-state index in [1.165, 1.54) is 0 Å². The lowest BCUT2D eigenvalue weighted by Gasteiger charge is -2.45. The predicted molar refractivity (Wildman–Crippen MR) is 223 cm³/mol. The van der Waals surface area contributed by atoms with E-state index in [4.69, 9.17) is 18.9 Å². The van der Waals surface area contributed by atoms with Gasteiger partial charge in [0.15, 0.2) is 0 Å². The molecule has 3 aliphatic heterocycles. The maximum atomic E-state index is 13.1. The van der Waals surface area contributed by atoms with Gasteiger partial charge in [-0.1, -0.05) is 76.3 Å². The van der Waals surface area contributed by atoms with E-state index in [1.807, 2.05) is 36.5 Å². The van der Waals surface area contributed by atoms with Crippen LogP contribution < -0.4 is 0 Å². The van der Waals surface area contributed by atoms with Crippen LogP contribution in [0.5, 0.6) is 0 Å². The molecule has 6 unspecified atom stereocenters. The van der Waals surface area contributed by atoms with Crippen molar-refractivity contribution >= 4 is 23.5 Å². The molecule has 0 radical (unpaired) electrons. The van der Waals surface area contributed by atoms with Crippen LogP contribution in [0.2, 0.25) is 0 Å². The topological polar surface area (TPSA) is 227 Å². The molecule has 0 amide bonds. The minimum atomic E-state index is -2.26. The number of cyclic esters (lactones) is 2. The molecule has 6 N–H and O–H groups in total. The molecule has 340 valence electrons. The molecule has 14 nitrogen and oxygen atoms in total. The number of carbonyl (C=O) groups is 4. The molecular formula is C46H72O14. The fourth-order valence-corrected chi connectivity index (χ4v) is 7.82. The fourth-order valence-electron chi connectivity index (χ4n) is 7.82. The van der Waals surface area contributed by atoms with Crippen molar-refractivity contribution in [2.75, 3.05) is 0 Å². The Morgan fingerprint density at radius 3 is 1.13 bits per heavy atom. The number of carbonyl (C=O) groups excluding carboxylic acids is 4. The number of hydrogen-bond donors (Lipinski definition) is 6. The molecule has 3 aliphatic rings. The highest BCUT2D eigenvalue weighted by molar-refractivity contribution is 5.82. The zero-order valence-corrected chi connectivity index (χ0v) is 36.4. The molecule has 0 aromatic heterocycles. The Bertz CT molecular complexity index is 1400. The van der Waals surface area contributed by atoms with Gasteiger partial charge in [-0.05, 0) is 90.9 Å². The van der Waals surface area contributed by atoms with Gasteiger partial charge >= 0.3 is 11.9 Å². The average molecular weight is 849 g/mol. The van der Waals surface area contributed by atoms with Crippen molar-refractivity contribution in [2.24, 2.45) is 23.7 Å². The smallest absolute Gasteiger partial charge is 0.340 e. The first-order valence-corrected chi connectivity index (χ1v) is 21.9. The summed E-state index contributed by atoms with van der Waals surface area (Å²) in [5.41, 5.74) is 0. The van der Waals surface area contributed by atoms with E-state index in [1.54, 1.807) is 53.7 Å². The standard InChI is InChI=1S/C46H72O14/c1-29-23-25-39-33(5)37(49)27-35(47)21-17-13-10-8-12-16-20-32(4)58-44(54)42(52)46(56)30(2)24-26-40(60-46)34(6)38(50)28-36(48)22-18-14-9-7-11-15-19-31(3)57-43(53)41(51)45(29,55)59-39/h7-14,29-36,39-42,47-48,51-52,55-56H,15-28H2,1-6H3/b11-7-,12-8-,13-10+,14-9+/t29-,30-,31?,32?,33?,34?,35?,36?,39+,40+,41-,42+,45-,46-/m1/s1. The van der Waals surface area contributed by atoms with E-state index in [2.05, 4.69) is 0 Å². The monoisotopic (exact) mass is 848 g/mol. The van der Waals surface area contributed by atoms with Crippen LogP contribution in [0.15, 0.2) is 48.6 Å². The molecule has 14 atom stereocenters. The van der Waals surface area contributed by atoms with Crippen molar-refractivity contribution in [1.29, 1.82) is 0 Å². The van der Waals surface area contributed by atoms with E-state index in [9.17, 15) is 49.8 Å². The zero-order chi connectivity index (χ0) is 44.6. The van der Waals surface area contributed by atoms with Crippen LogP contribution in [-0.2, 0) is 38.1 Å². The Morgan fingerprint density at radius 2 is 0.800 bits per heavy atom. The number of Topliss-reactive ketones (excluding diaryl/α,β-unsaturated/α-hetero) is 2. The number of esters is 2. The first kappa shape index (κ1) is 51.3. The van der Waals surface area contributed by atoms with Gasteiger partial charge in [0.25, 0.3) is 0 Å². The van der Waals surface area contributed by atoms with E-state index in [0.29, 0.717) is 77.0 Å². The number of hydrogen-bond acceptors (Lipinski definition) is 14. The van der Waals surface area contributed by atoms with E-state index in [0.717, 1.165) is 0 Å². The first-order chi connectivity index (χ1) is 28.3. The predicted octanol–water partition coefficient (Wildman–Crippen LogP) is 4.85. The summed E-state index contributed by atoms with van der Waals surface area (Å²) in [6.07, 6.45) is 11.1. The number of aliphatic hydroxyl groups is 6. The minimum Gasteiger partial charge on any atom is -0.461 e. The molecule has 3 heterocycles. The van der Waals surface area contributed by atoms with Crippen molar-refractivity contribution in [3.8, 4) is 0 Å². The third-order valence-electron chi connectivity index (χ3n) is 12.3. The molecule has 0 spiro atoms. The van der Waals surface area contributed by atoms with E-state index >= 15 is 0 Å². The highest BCUT2D eigenvalue weighted by Gasteiger charge is 2.53. The normalized spacial score (nSPS) is 42.3. The van der Waals surface area contributed by atoms with Gasteiger partial charge in [-0.25, -0.2) is 9.59 Å². The summed E-state index contributed by atoms with van der Waals surface area (Å²) < 4.78 is 22.7. The van der Waals surface area contributed by atoms with Crippen molar-refractivity contribution in [2.45, 2.75) is 192 Å². The summed E-state index contributed by atoms with van der Waals surface area (Å²) in [5, 5.41) is 66.0. The first-order valence-electron chi connectivity index (χ1n) is 21.9. The Balaban J connectivity index is 1.67. The van der Waals surface area contributed by atoms with E-state index < -0.39 is 96.0 Å². The fraction of sp³-hybridized carbons (Fsp3) is 0.739. The molecule has 0 saturated carbocycles. The highest BCUT2D eigenvalue weighted by atomic mass is 16.7. The molecule has 0 aliphatic carbocycles. The van der Waals surface area contributed by atoms with Gasteiger partial charge < -0.3 is 49.6 Å². The highest BCUT2D eigenvalue weighted by Crippen LogP contribution is 2.39. The van der Waals surface area contributed by atoms with Gasteiger partial charge in [0, 0.05) is 36.5 Å². The lowest BCUT2D eigenvalue weighted by molar-refractivity contribution is -0.322. The molecule has 3 rings (SSSR count). The summed E-state index contributed by atoms with van der Waals surface area (Å²) >= 11 is 0. The molecule has 2 saturated heterocycles. The summed E-state index contributed by atoms with van der Waals surface area (Å²) in [7, 11) is 0. The Hall–Kier alpha value is -3.08. The number of fused-ring (bicyclic) bond motifs is 4. The Labute approximate surface area is 355 Å². The number of ketones is 2.